The molecule has 138 valence electrons. The number of benzene rings is 1. The fourth-order valence-corrected chi connectivity index (χ4v) is 3.62. The van der Waals surface area contributed by atoms with Gasteiger partial charge in [0.2, 0.25) is 12.7 Å². The molecule has 2 aliphatic heterocycles. The number of nitrogens with one attached hydrogen (secondary N) is 1. The number of rotatable bonds is 7. The van der Waals surface area contributed by atoms with Gasteiger partial charge in [0.1, 0.15) is 5.76 Å². The second-order valence-corrected chi connectivity index (χ2v) is 6.76. The topological polar surface area (TPSA) is 63.9 Å². The third-order valence-corrected chi connectivity index (χ3v) is 5.03. The highest BCUT2D eigenvalue weighted by Gasteiger charge is 2.26. The van der Waals surface area contributed by atoms with Crippen LogP contribution in [0.3, 0.4) is 0 Å². The molecule has 26 heavy (non-hydrogen) atoms. The summed E-state index contributed by atoms with van der Waals surface area (Å²) >= 11 is 0. The number of likely N-dealkylation sites (tertiary alicyclic amines) is 1. The summed E-state index contributed by atoms with van der Waals surface area (Å²) in [6.45, 7) is 2.98. The second kappa shape index (κ2) is 7.83. The molecule has 0 saturated carbocycles. The van der Waals surface area contributed by atoms with E-state index in [1.165, 1.54) is 12.8 Å². The van der Waals surface area contributed by atoms with Crippen LogP contribution in [-0.4, -0.2) is 37.2 Å². The summed E-state index contributed by atoms with van der Waals surface area (Å²) in [6.07, 6.45) is 5.09. The third kappa shape index (κ3) is 3.85. The quantitative estimate of drug-likeness (QED) is 0.826. The van der Waals surface area contributed by atoms with Crippen LogP contribution in [0.4, 0.5) is 0 Å². The van der Waals surface area contributed by atoms with Gasteiger partial charge in [-0.1, -0.05) is 6.07 Å². The molecule has 4 rings (SSSR count). The van der Waals surface area contributed by atoms with Gasteiger partial charge in [-0.2, -0.15) is 0 Å². The molecule has 2 aliphatic rings. The van der Waals surface area contributed by atoms with Gasteiger partial charge in [-0.15, -0.1) is 0 Å². The first-order chi connectivity index (χ1) is 12.8. The van der Waals surface area contributed by atoms with E-state index in [4.69, 9.17) is 13.9 Å². The highest BCUT2D eigenvalue weighted by Crippen LogP contribution is 2.36. The Labute approximate surface area is 153 Å². The second-order valence-electron chi connectivity index (χ2n) is 6.76. The number of ether oxygens (including phenoxy) is 2. The molecule has 6 heteroatoms. The zero-order valence-electron chi connectivity index (χ0n) is 14.8. The van der Waals surface area contributed by atoms with E-state index in [1.54, 1.807) is 6.26 Å². The van der Waals surface area contributed by atoms with E-state index >= 15 is 0 Å². The third-order valence-electron chi connectivity index (χ3n) is 5.03. The molecule has 2 aromatic rings. The van der Waals surface area contributed by atoms with E-state index in [1.807, 2.05) is 24.3 Å². The van der Waals surface area contributed by atoms with Crippen LogP contribution in [-0.2, 0) is 11.2 Å². The number of hydrogen-bond acceptors (Lipinski definition) is 5. The monoisotopic (exact) mass is 356 g/mol. The Kier molecular flexibility index (Phi) is 5.11. The zero-order valence-corrected chi connectivity index (χ0v) is 14.8. The summed E-state index contributed by atoms with van der Waals surface area (Å²) in [5, 5.41) is 3.09. The molecule has 3 heterocycles. The molecule has 6 nitrogen and oxygen atoms in total. The molecule has 1 aromatic heterocycles. The number of furan rings is 1. The number of carbonyl (C=O) groups is 1. The van der Waals surface area contributed by atoms with Crippen LogP contribution in [0.25, 0.3) is 0 Å². The SMILES string of the molecule is O=C(CCc1ccco1)NCC(c1ccc2c(c1)OCO2)N1CCCC1. The van der Waals surface area contributed by atoms with Gasteiger partial charge in [0.25, 0.3) is 0 Å². The van der Waals surface area contributed by atoms with Crippen LogP contribution < -0.4 is 14.8 Å². The van der Waals surface area contributed by atoms with E-state index < -0.39 is 0 Å². The van der Waals surface area contributed by atoms with Gasteiger partial charge in [-0.3, -0.25) is 9.69 Å². The van der Waals surface area contributed by atoms with Gasteiger partial charge in [0, 0.05) is 19.4 Å². The van der Waals surface area contributed by atoms with Crippen molar-refractivity contribution in [1.82, 2.24) is 10.2 Å². The van der Waals surface area contributed by atoms with Crippen LogP contribution in [0.5, 0.6) is 11.5 Å². The first-order valence-corrected chi connectivity index (χ1v) is 9.22. The fraction of sp³-hybridized carbons (Fsp3) is 0.450. The molecule has 1 atom stereocenters. The maximum absolute atomic E-state index is 12.3. The highest BCUT2D eigenvalue weighted by molar-refractivity contribution is 5.76. The van der Waals surface area contributed by atoms with Crippen molar-refractivity contribution in [3.05, 3.63) is 47.9 Å². The van der Waals surface area contributed by atoms with Crippen molar-refractivity contribution < 1.29 is 18.7 Å². The molecule has 0 radical (unpaired) electrons. The molecule has 1 fully saturated rings. The lowest BCUT2D eigenvalue weighted by molar-refractivity contribution is -0.121. The standard InChI is InChI=1S/C20H24N2O4/c23-20(8-6-16-4-3-11-24-16)21-13-17(22-9-1-2-10-22)15-5-7-18-19(12-15)26-14-25-18/h3-5,7,11-12,17H,1-2,6,8-10,13-14H2,(H,21,23). The Hall–Kier alpha value is -2.47. The average Bonchev–Trinajstić information content (AvgIpc) is 3.41. The van der Waals surface area contributed by atoms with Crippen LogP contribution in [0.1, 0.15) is 36.6 Å². The van der Waals surface area contributed by atoms with Crippen molar-refractivity contribution >= 4 is 5.91 Å². The van der Waals surface area contributed by atoms with E-state index in [0.29, 0.717) is 19.4 Å². The summed E-state index contributed by atoms with van der Waals surface area (Å²) in [5.74, 6) is 2.46. The van der Waals surface area contributed by atoms with E-state index in [2.05, 4.69) is 16.3 Å². The van der Waals surface area contributed by atoms with Crippen molar-refractivity contribution in [2.75, 3.05) is 26.4 Å². The maximum atomic E-state index is 12.3. The first kappa shape index (κ1) is 17.0. The van der Waals surface area contributed by atoms with Crippen LogP contribution in [0, 0.1) is 0 Å². The lowest BCUT2D eigenvalue weighted by atomic mass is 10.0. The highest BCUT2D eigenvalue weighted by atomic mass is 16.7. The minimum atomic E-state index is 0.0475. The van der Waals surface area contributed by atoms with Crippen molar-refractivity contribution in [2.45, 2.75) is 31.7 Å². The Morgan fingerprint density at radius 1 is 1.15 bits per heavy atom. The predicted molar refractivity (Wildman–Crippen MR) is 96.2 cm³/mol. The van der Waals surface area contributed by atoms with Gasteiger partial charge in [0.05, 0.1) is 12.3 Å². The van der Waals surface area contributed by atoms with Crippen LogP contribution in [0.2, 0.25) is 0 Å². The van der Waals surface area contributed by atoms with Crippen LogP contribution in [0.15, 0.2) is 41.0 Å². The normalized spacial score (nSPS) is 17.4. The average molecular weight is 356 g/mol. The van der Waals surface area contributed by atoms with Crippen molar-refractivity contribution in [2.24, 2.45) is 0 Å². The minimum Gasteiger partial charge on any atom is -0.469 e. The van der Waals surface area contributed by atoms with Gasteiger partial charge >= 0.3 is 0 Å². The number of fused-ring (bicyclic) bond motifs is 1. The van der Waals surface area contributed by atoms with Gasteiger partial charge < -0.3 is 19.2 Å². The number of aryl methyl sites for hydroxylation is 1. The van der Waals surface area contributed by atoms with Gasteiger partial charge in [-0.05, 0) is 55.8 Å². The lowest BCUT2D eigenvalue weighted by Gasteiger charge is -2.28. The molecule has 1 amide bonds. The molecular weight excluding hydrogens is 332 g/mol. The van der Waals surface area contributed by atoms with Gasteiger partial charge in [-0.25, -0.2) is 0 Å². The number of nitrogens with zero attached hydrogens (tertiary/aromatic N) is 1. The molecule has 0 spiro atoms. The number of hydrogen-bond donors (Lipinski definition) is 1. The summed E-state index contributed by atoms with van der Waals surface area (Å²) in [6, 6.07) is 9.97. The molecule has 0 bridgehead atoms. The smallest absolute Gasteiger partial charge is 0.231 e. The number of amides is 1. The lowest BCUT2D eigenvalue weighted by Crippen LogP contribution is -2.36. The maximum Gasteiger partial charge on any atom is 0.231 e. The van der Waals surface area contributed by atoms with E-state index in [9.17, 15) is 4.79 Å². The fourth-order valence-electron chi connectivity index (χ4n) is 3.62. The van der Waals surface area contributed by atoms with Crippen LogP contribution >= 0.6 is 0 Å². The van der Waals surface area contributed by atoms with E-state index in [0.717, 1.165) is 35.9 Å². The van der Waals surface area contributed by atoms with Gasteiger partial charge in [0.15, 0.2) is 11.5 Å². The Balaban J connectivity index is 1.39. The zero-order chi connectivity index (χ0) is 17.8. The Morgan fingerprint density at radius 3 is 2.81 bits per heavy atom. The molecule has 1 aromatic carbocycles. The first-order valence-electron chi connectivity index (χ1n) is 9.22. The summed E-state index contributed by atoms with van der Waals surface area (Å²) in [5.41, 5.74) is 1.16. The molecule has 1 unspecified atom stereocenters. The van der Waals surface area contributed by atoms with Crippen molar-refractivity contribution in [1.29, 1.82) is 0 Å². The minimum absolute atomic E-state index is 0.0475. The van der Waals surface area contributed by atoms with Crippen molar-refractivity contribution in [3.63, 3.8) is 0 Å². The Bertz CT molecular complexity index is 738. The van der Waals surface area contributed by atoms with E-state index in [-0.39, 0.29) is 18.7 Å². The number of carbonyl (C=O) groups excluding carboxylic acids is 1. The van der Waals surface area contributed by atoms with Crippen molar-refractivity contribution in [3.8, 4) is 11.5 Å². The molecular formula is C20H24N2O4. The summed E-state index contributed by atoms with van der Waals surface area (Å²) in [7, 11) is 0. The predicted octanol–water partition coefficient (Wildman–Crippen LogP) is 2.89. The molecule has 1 N–H and O–H groups in total. The summed E-state index contributed by atoms with van der Waals surface area (Å²) < 4.78 is 16.2. The largest absolute Gasteiger partial charge is 0.469 e. The molecule has 1 saturated heterocycles. The Morgan fingerprint density at radius 2 is 2.00 bits per heavy atom. The molecule has 0 aliphatic carbocycles. The summed E-state index contributed by atoms with van der Waals surface area (Å²) in [4.78, 5) is 14.7.